The molecule has 39 heavy (non-hydrogen) atoms. The zero-order chi connectivity index (χ0) is 28.3. The largest absolute Gasteiger partial charge is 0.463 e. The Bertz CT molecular complexity index is 1570. The summed E-state index contributed by atoms with van der Waals surface area (Å²) in [5.74, 6) is -2.61. The Morgan fingerprint density at radius 3 is 2.49 bits per heavy atom. The Kier molecular flexibility index (Phi) is 8.44. The lowest BCUT2D eigenvalue weighted by molar-refractivity contribution is -0.155. The summed E-state index contributed by atoms with van der Waals surface area (Å²) in [7, 11) is -4.29. The third-order valence-electron chi connectivity index (χ3n) is 5.45. The Labute approximate surface area is 227 Å². The Hall–Kier alpha value is -3.66. The number of hydrogen-bond donors (Lipinski definition) is 1. The molecule has 1 fully saturated rings. The highest BCUT2D eigenvalue weighted by Gasteiger charge is 2.52. The number of halogens is 1. The molecule has 1 N–H and O–H groups in total. The molecule has 3 heterocycles. The van der Waals surface area contributed by atoms with Gasteiger partial charge in [0.15, 0.2) is 18.0 Å². The van der Waals surface area contributed by atoms with Crippen molar-refractivity contribution in [3.63, 3.8) is 0 Å². The van der Waals surface area contributed by atoms with Crippen LogP contribution in [0.2, 0.25) is 5.15 Å². The van der Waals surface area contributed by atoms with Crippen molar-refractivity contribution in [2.45, 2.75) is 51.1 Å². The van der Waals surface area contributed by atoms with Gasteiger partial charge in [-0.15, -0.1) is 0 Å². The number of ether oxygens (including phenoxy) is 3. The minimum atomic E-state index is -4.29. The molecular formula is C23H24ClN5O9S. The van der Waals surface area contributed by atoms with Crippen LogP contribution < -0.4 is 5.62 Å². The van der Waals surface area contributed by atoms with Crippen LogP contribution in [0.4, 0.5) is 0 Å². The number of esters is 2. The van der Waals surface area contributed by atoms with Crippen molar-refractivity contribution in [1.82, 2.24) is 19.5 Å². The molecule has 0 aliphatic carbocycles. The van der Waals surface area contributed by atoms with Crippen molar-refractivity contribution >= 4 is 50.7 Å². The number of carbonyl (C=O) groups is 3. The van der Waals surface area contributed by atoms with Crippen molar-refractivity contribution in [2.75, 3.05) is 6.61 Å². The van der Waals surface area contributed by atoms with Crippen LogP contribution in [-0.4, -0.2) is 70.7 Å². The number of fused-ring (bicyclic) bond motifs is 1. The SMILES string of the molecule is CC(=O)N=c1nc2nc[nH]c2c(Cl)n1[C@@H]1O[C@H](COC(C)=O)[C@H](OS(=O)(=O)Cc2ccccc2)[C@H]1OC(C)=O. The first kappa shape index (κ1) is 28.4. The van der Waals surface area contributed by atoms with Crippen LogP contribution in [0, 0.1) is 0 Å². The van der Waals surface area contributed by atoms with E-state index in [0.29, 0.717) is 5.56 Å². The van der Waals surface area contributed by atoms with Gasteiger partial charge in [-0.25, -0.2) is 4.98 Å². The van der Waals surface area contributed by atoms with E-state index >= 15 is 0 Å². The van der Waals surface area contributed by atoms with Gasteiger partial charge in [0.05, 0.1) is 6.33 Å². The van der Waals surface area contributed by atoms with Gasteiger partial charge in [0, 0.05) is 20.8 Å². The van der Waals surface area contributed by atoms with E-state index in [1.807, 2.05) is 0 Å². The van der Waals surface area contributed by atoms with Gasteiger partial charge in [-0.3, -0.25) is 23.1 Å². The molecule has 3 aromatic rings. The molecule has 0 bridgehead atoms. The minimum Gasteiger partial charge on any atom is -0.463 e. The van der Waals surface area contributed by atoms with Crippen LogP contribution >= 0.6 is 11.6 Å². The third kappa shape index (κ3) is 6.68. The Morgan fingerprint density at radius 2 is 1.85 bits per heavy atom. The molecule has 208 valence electrons. The van der Waals surface area contributed by atoms with Crippen LogP contribution in [0.3, 0.4) is 0 Å². The van der Waals surface area contributed by atoms with Crippen LogP contribution in [-0.2, 0) is 48.6 Å². The molecule has 1 aromatic carbocycles. The van der Waals surface area contributed by atoms with E-state index in [1.54, 1.807) is 30.3 Å². The molecule has 0 saturated carbocycles. The summed E-state index contributed by atoms with van der Waals surface area (Å²) in [5.41, 5.74) is 0.561. The zero-order valence-electron chi connectivity index (χ0n) is 20.9. The lowest BCUT2D eigenvalue weighted by Crippen LogP contribution is -2.42. The van der Waals surface area contributed by atoms with Crippen LogP contribution in [0.25, 0.3) is 11.2 Å². The summed E-state index contributed by atoms with van der Waals surface area (Å²) in [5, 5.41) is -0.0846. The number of carbonyl (C=O) groups excluding carboxylic acids is 3. The lowest BCUT2D eigenvalue weighted by Gasteiger charge is -2.25. The molecule has 14 nitrogen and oxygen atoms in total. The number of benzene rings is 1. The standard InChI is InChI=1S/C23H24ClN5O9S/c1-12(30)27-23-28-21-17(25-11-26-21)20(24)29(23)22-19(36-14(3)32)18(16(37-22)9-35-13(2)31)38-39(33,34)10-15-7-5-4-6-8-15/h4-8,11,16,18-19,22H,9-10H2,1-3H3,(H,25,26,27,28,30)/t16-,18+,19-,22-/m1/s1. The second-order valence-corrected chi connectivity index (χ2v) is 10.4. The number of imidazole rings is 1. The number of nitrogens with one attached hydrogen (secondary N) is 1. The van der Waals surface area contributed by atoms with Crippen molar-refractivity contribution < 1.29 is 41.2 Å². The first-order valence-electron chi connectivity index (χ1n) is 11.5. The van der Waals surface area contributed by atoms with E-state index in [9.17, 15) is 22.8 Å². The second-order valence-electron chi connectivity index (χ2n) is 8.49. The summed E-state index contributed by atoms with van der Waals surface area (Å²) >= 11 is 6.63. The molecule has 1 aliphatic heterocycles. The van der Waals surface area contributed by atoms with E-state index in [-0.39, 0.29) is 21.9 Å². The fraction of sp³-hybridized carbons (Fsp3) is 0.391. The highest BCUT2D eigenvalue weighted by atomic mass is 35.5. The van der Waals surface area contributed by atoms with Gasteiger partial charge >= 0.3 is 11.9 Å². The van der Waals surface area contributed by atoms with Gasteiger partial charge in [-0.1, -0.05) is 41.9 Å². The van der Waals surface area contributed by atoms with Gasteiger partial charge < -0.3 is 19.2 Å². The summed E-state index contributed by atoms with van der Waals surface area (Å²) in [6, 6.07) is 8.27. The number of aromatic amines is 1. The number of hydrogen-bond acceptors (Lipinski definition) is 11. The lowest BCUT2D eigenvalue weighted by atomic mass is 10.1. The van der Waals surface area contributed by atoms with E-state index in [0.717, 1.165) is 18.4 Å². The first-order chi connectivity index (χ1) is 18.4. The maximum Gasteiger partial charge on any atom is 0.303 e. The molecule has 1 aliphatic rings. The monoisotopic (exact) mass is 581 g/mol. The van der Waals surface area contributed by atoms with Crippen molar-refractivity contribution in [3.8, 4) is 0 Å². The quantitative estimate of drug-likeness (QED) is 0.229. The molecule has 16 heteroatoms. The molecule has 1 amide bonds. The number of amides is 1. The average molecular weight is 582 g/mol. The van der Waals surface area contributed by atoms with Gasteiger partial charge in [-0.2, -0.15) is 18.4 Å². The number of aromatic nitrogens is 4. The maximum atomic E-state index is 13.1. The van der Waals surface area contributed by atoms with Crippen LogP contribution in [0.5, 0.6) is 0 Å². The molecule has 1 saturated heterocycles. The van der Waals surface area contributed by atoms with Crippen molar-refractivity contribution in [1.29, 1.82) is 0 Å². The van der Waals surface area contributed by atoms with Gasteiger partial charge in [0.2, 0.25) is 11.5 Å². The number of rotatable bonds is 8. The smallest absolute Gasteiger partial charge is 0.303 e. The average Bonchev–Trinajstić information content (AvgIpc) is 3.43. The van der Waals surface area contributed by atoms with E-state index in [2.05, 4.69) is 19.9 Å². The van der Waals surface area contributed by atoms with Gasteiger partial charge in [0.25, 0.3) is 10.1 Å². The predicted octanol–water partition coefficient (Wildman–Crippen LogP) is 1.17. The Balaban J connectivity index is 1.82. The number of H-pyrrole nitrogens is 1. The molecule has 4 rings (SSSR count). The summed E-state index contributed by atoms with van der Waals surface area (Å²) in [6.07, 6.45) is -4.29. The molecule has 4 atom stereocenters. The topological polar surface area (TPSA) is 181 Å². The maximum absolute atomic E-state index is 13.1. The van der Waals surface area contributed by atoms with E-state index in [4.69, 9.17) is 30.0 Å². The molecule has 0 radical (unpaired) electrons. The predicted molar refractivity (Wildman–Crippen MR) is 133 cm³/mol. The van der Waals surface area contributed by atoms with E-state index in [1.165, 1.54) is 13.3 Å². The van der Waals surface area contributed by atoms with Crippen LogP contribution in [0.1, 0.15) is 32.6 Å². The van der Waals surface area contributed by atoms with Crippen LogP contribution in [0.15, 0.2) is 41.7 Å². The van der Waals surface area contributed by atoms with Gasteiger partial charge in [0.1, 0.15) is 35.2 Å². The van der Waals surface area contributed by atoms with Crippen molar-refractivity contribution in [2.24, 2.45) is 4.99 Å². The Morgan fingerprint density at radius 1 is 1.13 bits per heavy atom. The van der Waals surface area contributed by atoms with E-state index < -0.39 is 64.9 Å². The summed E-state index contributed by atoms with van der Waals surface area (Å²) in [4.78, 5) is 50.6. The third-order valence-corrected chi connectivity index (χ3v) is 7.03. The molecule has 0 spiro atoms. The normalized spacial score (nSPS) is 21.7. The fourth-order valence-corrected chi connectivity index (χ4v) is 5.54. The second kappa shape index (κ2) is 11.6. The zero-order valence-corrected chi connectivity index (χ0v) is 22.5. The summed E-state index contributed by atoms with van der Waals surface area (Å²) in [6.45, 7) is 2.99. The number of nitrogens with zero attached hydrogens (tertiary/aromatic N) is 4. The van der Waals surface area contributed by atoms with Crippen molar-refractivity contribution in [3.05, 3.63) is 53.0 Å². The van der Waals surface area contributed by atoms with Gasteiger partial charge in [-0.05, 0) is 5.56 Å². The fourth-order valence-electron chi connectivity index (χ4n) is 3.99. The highest BCUT2D eigenvalue weighted by molar-refractivity contribution is 7.85. The highest BCUT2D eigenvalue weighted by Crippen LogP contribution is 2.37. The first-order valence-corrected chi connectivity index (χ1v) is 13.5. The minimum absolute atomic E-state index is 0.0846. The molecular weight excluding hydrogens is 558 g/mol. The molecule has 0 unspecified atom stereocenters. The summed E-state index contributed by atoms with van der Waals surface area (Å²) < 4.78 is 49.4. The molecule has 2 aromatic heterocycles.